The van der Waals surface area contributed by atoms with E-state index in [-0.39, 0.29) is 17.1 Å². The molecular formula is C19H24FN3O4. The van der Waals surface area contributed by atoms with Gasteiger partial charge in [-0.3, -0.25) is 9.78 Å². The zero-order valence-corrected chi connectivity index (χ0v) is 15.8. The Hall–Kier alpha value is -2.51. The molecule has 0 amide bonds. The summed E-state index contributed by atoms with van der Waals surface area (Å²) in [4.78, 5) is 36.1. The number of H-pyrrole nitrogens is 1. The lowest BCUT2D eigenvalue weighted by atomic mass is 9.87. The lowest BCUT2D eigenvalue weighted by Gasteiger charge is -2.25. The zero-order valence-electron chi connectivity index (χ0n) is 15.8. The minimum Gasteiger partial charge on any atom is -0.403 e. The lowest BCUT2D eigenvalue weighted by Crippen LogP contribution is -2.26. The van der Waals surface area contributed by atoms with Crippen LogP contribution in [0.1, 0.15) is 58.4 Å². The second kappa shape index (κ2) is 7.62. The Labute approximate surface area is 155 Å². The number of hydrogen-bond donors (Lipinski definition) is 1. The molecule has 1 N–H and O–H groups in total. The van der Waals surface area contributed by atoms with Crippen LogP contribution < -0.4 is 16.0 Å². The van der Waals surface area contributed by atoms with Gasteiger partial charge in [0.15, 0.2) is 0 Å². The molecule has 3 rings (SSSR count). The second-order valence-corrected chi connectivity index (χ2v) is 7.74. The van der Waals surface area contributed by atoms with Crippen LogP contribution in [-0.2, 0) is 6.42 Å². The van der Waals surface area contributed by atoms with Gasteiger partial charge in [-0.25, -0.2) is 9.18 Å². The molecule has 0 unspecified atom stereocenters. The second-order valence-electron chi connectivity index (χ2n) is 7.74. The van der Waals surface area contributed by atoms with E-state index in [1.807, 2.05) is 0 Å². The highest BCUT2D eigenvalue weighted by Crippen LogP contribution is 2.29. The normalized spacial score (nSPS) is 20.3. The fourth-order valence-electron chi connectivity index (χ4n) is 3.07. The highest BCUT2D eigenvalue weighted by atomic mass is 19.1. The van der Waals surface area contributed by atoms with E-state index in [0.717, 1.165) is 6.42 Å². The molecule has 1 aliphatic rings. The first-order valence-corrected chi connectivity index (χ1v) is 9.22. The van der Waals surface area contributed by atoms with E-state index in [2.05, 4.69) is 29.0 Å². The molecule has 27 heavy (non-hydrogen) atoms. The van der Waals surface area contributed by atoms with Crippen molar-refractivity contribution < 1.29 is 13.6 Å². The number of aryl methyl sites for hydroxylation is 1. The fraction of sp³-hybridized carbons (Fsp3) is 0.579. The molecule has 7 nitrogen and oxygen atoms in total. The van der Waals surface area contributed by atoms with Crippen LogP contribution in [0.2, 0.25) is 0 Å². The van der Waals surface area contributed by atoms with Crippen LogP contribution in [0.5, 0.6) is 6.01 Å². The van der Waals surface area contributed by atoms with Crippen molar-refractivity contribution in [2.75, 3.05) is 0 Å². The number of rotatable bonds is 5. The Morgan fingerprint density at radius 2 is 2.07 bits per heavy atom. The van der Waals surface area contributed by atoms with Gasteiger partial charge in [-0.2, -0.15) is 4.98 Å². The molecule has 2 aromatic heterocycles. The van der Waals surface area contributed by atoms with Crippen molar-refractivity contribution in [1.29, 1.82) is 0 Å². The number of hydrogen-bond acceptors (Lipinski definition) is 6. The number of oxime groups is 1. The van der Waals surface area contributed by atoms with Crippen LogP contribution >= 0.6 is 0 Å². The van der Waals surface area contributed by atoms with E-state index in [1.165, 1.54) is 6.07 Å². The highest BCUT2D eigenvalue weighted by Gasteiger charge is 2.28. The van der Waals surface area contributed by atoms with Gasteiger partial charge in [-0.15, -0.1) is 0 Å². The minimum absolute atomic E-state index is 0.0693. The maximum atomic E-state index is 13.8. The summed E-state index contributed by atoms with van der Waals surface area (Å²) in [5, 5.41) is 4.22. The summed E-state index contributed by atoms with van der Waals surface area (Å²) < 4.78 is 18.9. The van der Waals surface area contributed by atoms with Crippen molar-refractivity contribution in [2.24, 2.45) is 11.1 Å². The predicted octanol–water partition coefficient (Wildman–Crippen LogP) is 3.50. The summed E-state index contributed by atoms with van der Waals surface area (Å²) in [5.41, 5.74) is -0.940. The summed E-state index contributed by atoms with van der Waals surface area (Å²) in [5.74, 6) is 0.430. The number of halogens is 1. The van der Waals surface area contributed by atoms with Gasteiger partial charge in [-0.05, 0) is 56.9 Å². The van der Waals surface area contributed by atoms with E-state index >= 15 is 0 Å². The van der Waals surface area contributed by atoms with Crippen LogP contribution in [0.3, 0.4) is 0 Å². The van der Waals surface area contributed by atoms with Crippen molar-refractivity contribution in [3.8, 4) is 6.01 Å². The van der Waals surface area contributed by atoms with Gasteiger partial charge < -0.3 is 9.25 Å². The van der Waals surface area contributed by atoms with Crippen LogP contribution in [-0.4, -0.2) is 21.3 Å². The third kappa shape index (κ3) is 4.81. The first kappa shape index (κ1) is 19.3. The molecule has 146 valence electrons. The molecular weight excluding hydrogens is 353 g/mol. The lowest BCUT2D eigenvalue weighted by molar-refractivity contribution is 0.156. The van der Waals surface area contributed by atoms with Gasteiger partial charge in [0.25, 0.3) is 5.56 Å². The molecule has 1 fully saturated rings. The van der Waals surface area contributed by atoms with Gasteiger partial charge in [0, 0.05) is 6.07 Å². The predicted molar refractivity (Wildman–Crippen MR) is 100 cm³/mol. The van der Waals surface area contributed by atoms with Gasteiger partial charge in [-0.1, -0.05) is 19.0 Å². The topological polar surface area (TPSA) is 97.5 Å². The Morgan fingerprint density at radius 1 is 1.37 bits per heavy atom. The number of aromatic nitrogens is 2. The smallest absolute Gasteiger partial charge is 0.337 e. The van der Waals surface area contributed by atoms with Crippen molar-refractivity contribution in [3.05, 3.63) is 32.4 Å². The number of alkyl halides is 1. The zero-order chi connectivity index (χ0) is 19.6. The maximum absolute atomic E-state index is 13.8. The van der Waals surface area contributed by atoms with Crippen LogP contribution in [0, 0.1) is 5.92 Å². The van der Waals surface area contributed by atoms with Crippen molar-refractivity contribution in [1.82, 2.24) is 9.97 Å². The third-order valence-corrected chi connectivity index (χ3v) is 4.80. The fourth-order valence-corrected chi connectivity index (χ4v) is 3.07. The molecule has 0 radical (unpaired) electrons. The maximum Gasteiger partial charge on any atom is 0.337 e. The molecule has 0 aliphatic heterocycles. The van der Waals surface area contributed by atoms with E-state index in [9.17, 15) is 14.0 Å². The third-order valence-electron chi connectivity index (χ3n) is 4.80. The van der Waals surface area contributed by atoms with Crippen LogP contribution in [0.25, 0.3) is 11.1 Å². The van der Waals surface area contributed by atoms with E-state index in [4.69, 9.17) is 9.25 Å². The van der Waals surface area contributed by atoms with Crippen LogP contribution in [0.15, 0.2) is 25.2 Å². The molecule has 2 aromatic rings. The largest absolute Gasteiger partial charge is 0.403 e. The van der Waals surface area contributed by atoms with E-state index in [1.54, 1.807) is 6.92 Å². The van der Waals surface area contributed by atoms with Gasteiger partial charge >= 0.3 is 11.6 Å². The Bertz CT molecular complexity index is 963. The van der Waals surface area contributed by atoms with E-state index in [0.29, 0.717) is 49.3 Å². The van der Waals surface area contributed by atoms with Gasteiger partial charge in [0.1, 0.15) is 11.1 Å². The standard InChI is InChI=1S/C19H24FN3O4/c1-11(2)4-5-12-10-14(24)26-17-15(12)16(25)21-18(22-17)27-23-13-6-8-19(3,20)9-7-13/h10-11H,4-9H2,1-3H3,(H,21,22,25). The molecule has 0 atom stereocenters. The molecule has 2 heterocycles. The highest BCUT2D eigenvalue weighted by molar-refractivity contribution is 5.85. The van der Waals surface area contributed by atoms with Crippen molar-refractivity contribution in [3.63, 3.8) is 0 Å². The monoisotopic (exact) mass is 377 g/mol. The molecule has 1 aliphatic carbocycles. The Kier molecular flexibility index (Phi) is 5.43. The molecule has 0 spiro atoms. The first-order valence-electron chi connectivity index (χ1n) is 9.22. The molecule has 8 heteroatoms. The van der Waals surface area contributed by atoms with Gasteiger partial charge in [0.05, 0.1) is 5.71 Å². The average Bonchev–Trinajstić information content (AvgIpc) is 2.58. The number of fused-ring (bicyclic) bond motifs is 1. The summed E-state index contributed by atoms with van der Waals surface area (Å²) in [6.45, 7) is 5.71. The Morgan fingerprint density at radius 3 is 2.74 bits per heavy atom. The summed E-state index contributed by atoms with van der Waals surface area (Å²) >= 11 is 0. The summed E-state index contributed by atoms with van der Waals surface area (Å²) in [6.07, 6.45) is 3.14. The molecule has 1 saturated carbocycles. The Balaban J connectivity index is 1.86. The van der Waals surface area contributed by atoms with Gasteiger partial charge in [0.2, 0.25) is 5.71 Å². The molecule has 0 aromatic carbocycles. The van der Waals surface area contributed by atoms with E-state index < -0.39 is 16.9 Å². The van der Waals surface area contributed by atoms with Crippen molar-refractivity contribution >= 4 is 16.8 Å². The molecule has 0 bridgehead atoms. The summed E-state index contributed by atoms with van der Waals surface area (Å²) in [7, 11) is 0. The SMILES string of the molecule is CC(C)CCc1cc(=O)oc2nc(ON=C3CCC(C)(F)CC3)[nH]c(=O)c12. The first-order chi connectivity index (χ1) is 12.7. The number of nitrogens with zero attached hydrogens (tertiary/aromatic N) is 2. The quantitative estimate of drug-likeness (QED) is 0.804. The van der Waals surface area contributed by atoms with Crippen molar-refractivity contribution in [2.45, 2.75) is 65.0 Å². The average molecular weight is 377 g/mol. The number of aromatic amines is 1. The summed E-state index contributed by atoms with van der Waals surface area (Å²) in [6, 6.07) is 1.18. The number of nitrogens with one attached hydrogen (secondary N) is 1. The van der Waals surface area contributed by atoms with Crippen LogP contribution in [0.4, 0.5) is 4.39 Å². The molecule has 0 saturated heterocycles. The minimum atomic E-state index is -1.18.